The van der Waals surface area contributed by atoms with Crippen LogP contribution in [-0.2, 0) is 30.3 Å². The molecule has 3 rings (SSSR count). The number of hydrogen-bond acceptors (Lipinski definition) is 8. The Hall–Kier alpha value is -3.53. The van der Waals surface area contributed by atoms with E-state index in [0.29, 0.717) is 24.2 Å². The fraction of sp³-hybridized carbons (Fsp3) is 0.385. The van der Waals surface area contributed by atoms with Gasteiger partial charge in [-0.1, -0.05) is 42.1 Å². The number of amides is 2. The van der Waals surface area contributed by atoms with Gasteiger partial charge in [-0.05, 0) is 43.0 Å². The van der Waals surface area contributed by atoms with Crippen LogP contribution in [-0.4, -0.2) is 65.0 Å². The molecule has 1 aliphatic rings. The summed E-state index contributed by atoms with van der Waals surface area (Å²) in [6.07, 6.45) is 1.10. The first-order chi connectivity index (χ1) is 17.2. The van der Waals surface area contributed by atoms with E-state index >= 15 is 0 Å². The van der Waals surface area contributed by atoms with Crippen molar-refractivity contribution < 1.29 is 33.8 Å². The molecule has 192 valence electrons. The fourth-order valence-corrected chi connectivity index (χ4v) is 5.20. The lowest BCUT2D eigenvalue weighted by Gasteiger charge is -2.30. The number of esters is 1. The van der Waals surface area contributed by atoms with Gasteiger partial charge in [-0.2, -0.15) is 0 Å². The van der Waals surface area contributed by atoms with E-state index < -0.39 is 35.1 Å². The highest BCUT2D eigenvalue weighted by atomic mass is 32.2. The first kappa shape index (κ1) is 27.1. The summed E-state index contributed by atoms with van der Waals surface area (Å²) in [5, 5.41) is 12.0. The molecule has 1 heterocycles. The molecule has 9 nitrogen and oxygen atoms in total. The van der Waals surface area contributed by atoms with E-state index in [1.807, 2.05) is 12.1 Å². The third kappa shape index (κ3) is 6.57. The predicted molar refractivity (Wildman–Crippen MR) is 134 cm³/mol. The zero-order valence-electron chi connectivity index (χ0n) is 20.4. The minimum atomic E-state index is -0.828. The van der Waals surface area contributed by atoms with Crippen molar-refractivity contribution in [1.29, 1.82) is 0 Å². The van der Waals surface area contributed by atoms with Gasteiger partial charge in [0.05, 0.1) is 32.1 Å². The molecule has 0 aromatic heterocycles. The normalized spacial score (nSPS) is 17.8. The molecule has 0 aliphatic carbocycles. The monoisotopic (exact) mass is 514 g/mol. The lowest BCUT2D eigenvalue weighted by Crippen LogP contribution is -2.48. The number of aromatic hydroxyl groups is 1. The van der Waals surface area contributed by atoms with Crippen LogP contribution in [0.3, 0.4) is 0 Å². The molecule has 36 heavy (non-hydrogen) atoms. The number of carbonyl (C=O) groups excluding carboxylic acids is 4. The average molecular weight is 515 g/mol. The molecule has 10 heteroatoms. The molecule has 0 saturated carbocycles. The highest BCUT2D eigenvalue weighted by molar-refractivity contribution is 8.14. The Kier molecular flexibility index (Phi) is 9.35. The Morgan fingerprint density at radius 2 is 1.78 bits per heavy atom. The number of likely N-dealkylation sites (tertiary alicyclic amines) is 1. The maximum Gasteiger partial charge on any atom is 0.328 e. The molecule has 2 N–H and O–H groups in total. The quantitative estimate of drug-likeness (QED) is 0.490. The highest BCUT2D eigenvalue weighted by Crippen LogP contribution is 2.40. The van der Waals surface area contributed by atoms with Crippen LogP contribution in [0.5, 0.6) is 11.5 Å². The molecule has 2 unspecified atom stereocenters. The largest absolute Gasteiger partial charge is 0.508 e. The van der Waals surface area contributed by atoms with Crippen molar-refractivity contribution >= 4 is 34.7 Å². The number of carbonyl (C=O) groups is 4. The Morgan fingerprint density at radius 1 is 1.08 bits per heavy atom. The Bertz CT molecular complexity index is 1110. The number of nitrogens with one attached hydrogen (secondary N) is 1. The molecule has 3 atom stereocenters. The van der Waals surface area contributed by atoms with Crippen molar-refractivity contribution in [3.05, 3.63) is 59.7 Å². The standard InChI is InChI=1S/C26H30N2O7S/c1-16(29)36-23(14-17-8-10-18(34-2)11-9-17)25(32)27-15-24(31)28-20(12-13-21(28)26(33)35-3)19-6-4-5-7-22(19)30/h4-11,20-21,23,30H,12-15H2,1-3H3,(H,27,32)/t20?,21-,23?/m0/s1. The average Bonchev–Trinajstić information content (AvgIpc) is 3.31. The Balaban J connectivity index is 1.74. The van der Waals surface area contributed by atoms with Crippen LogP contribution >= 0.6 is 11.8 Å². The van der Waals surface area contributed by atoms with Gasteiger partial charge in [-0.15, -0.1) is 0 Å². The van der Waals surface area contributed by atoms with Gasteiger partial charge in [0.2, 0.25) is 11.8 Å². The van der Waals surface area contributed by atoms with Crippen LogP contribution in [0, 0.1) is 0 Å². The van der Waals surface area contributed by atoms with Crippen LogP contribution in [0.15, 0.2) is 48.5 Å². The SMILES string of the molecule is COC(=O)[C@@H]1CCC(c2ccccc2O)N1C(=O)CNC(=O)C(Cc1ccc(OC)cc1)SC(C)=O. The van der Waals surface area contributed by atoms with Crippen molar-refractivity contribution in [3.8, 4) is 11.5 Å². The van der Waals surface area contributed by atoms with Gasteiger partial charge in [0.25, 0.3) is 0 Å². The molecule has 2 amide bonds. The summed E-state index contributed by atoms with van der Waals surface area (Å²) < 4.78 is 10.0. The zero-order valence-corrected chi connectivity index (χ0v) is 21.2. The van der Waals surface area contributed by atoms with Gasteiger partial charge in [-0.3, -0.25) is 14.4 Å². The lowest BCUT2D eigenvalue weighted by atomic mass is 10.0. The number of phenolic OH excluding ortho intramolecular Hbond substituents is 1. The van der Waals surface area contributed by atoms with Crippen LogP contribution in [0.1, 0.15) is 36.9 Å². The minimum absolute atomic E-state index is 0.0206. The van der Waals surface area contributed by atoms with E-state index in [4.69, 9.17) is 9.47 Å². The van der Waals surface area contributed by atoms with Crippen molar-refractivity contribution in [3.63, 3.8) is 0 Å². The van der Waals surface area contributed by atoms with Crippen molar-refractivity contribution in [1.82, 2.24) is 10.2 Å². The number of ether oxygens (including phenoxy) is 2. The molecular formula is C26H30N2O7S. The van der Waals surface area contributed by atoms with Gasteiger partial charge in [0.1, 0.15) is 17.5 Å². The summed E-state index contributed by atoms with van der Waals surface area (Å²) in [6.45, 7) is 1.01. The number of thioether (sulfide) groups is 1. The van der Waals surface area contributed by atoms with E-state index in [-0.39, 0.29) is 23.8 Å². The third-order valence-corrected chi connectivity index (χ3v) is 7.03. The Morgan fingerprint density at radius 3 is 2.39 bits per heavy atom. The van der Waals surface area contributed by atoms with Gasteiger partial charge in [-0.25, -0.2) is 4.79 Å². The first-order valence-corrected chi connectivity index (χ1v) is 12.4. The van der Waals surface area contributed by atoms with E-state index in [9.17, 15) is 24.3 Å². The van der Waals surface area contributed by atoms with E-state index in [1.165, 1.54) is 25.0 Å². The van der Waals surface area contributed by atoms with Crippen LogP contribution in [0.4, 0.5) is 0 Å². The summed E-state index contributed by atoms with van der Waals surface area (Å²) >= 11 is 0.891. The summed E-state index contributed by atoms with van der Waals surface area (Å²) in [7, 11) is 2.81. The highest BCUT2D eigenvalue weighted by Gasteiger charge is 2.43. The molecule has 1 saturated heterocycles. The van der Waals surface area contributed by atoms with Gasteiger partial charge in [0.15, 0.2) is 5.12 Å². The van der Waals surface area contributed by atoms with Crippen molar-refractivity contribution in [2.24, 2.45) is 0 Å². The predicted octanol–water partition coefficient (Wildman–Crippen LogP) is 2.61. The van der Waals surface area contributed by atoms with Crippen LogP contribution in [0.25, 0.3) is 0 Å². The topological polar surface area (TPSA) is 122 Å². The second kappa shape index (κ2) is 12.4. The fourth-order valence-electron chi connectivity index (χ4n) is 4.33. The second-order valence-electron chi connectivity index (χ2n) is 8.36. The van der Waals surface area contributed by atoms with Gasteiger partial charge >= 0.3 is 5.97 Å². The number of nitrogens with zero attached hydrogens (tertiary/aromatic N) is 1. The maximum absolute atomic E-state index is 13.3. The number of rotatable bonds is 9. The van der Waals surface area contributed by atoms with Crippen LogP contribution in [0.2, 0.25) is 0 Å². The third-order valence-electron chi connectivity index (χ3n) is 6.04. The summed E-state index contributed by atoms with van der Waals surface area (Å²) in [4.78, 5) is 51.8. The number of para-hydroxylation sites is 1. The number of benzene rings is 2. The van der Waals surface area contributed by atoms with E-state index in [0.717, 1.165) is 17.3 Å². The Labute approximate surface area is 214 Å². The molecule has 0 radical (unpaired) electrons. The first-order valence-electron chi connectivity index (χ1n) is 11.5. The zero-order chi connectivity index (χ0) is 26.2. The van der Waals surface area contributed by atoms with Crippen LogP contribution < -0.4 is 10.1 Å². The van der Waals surface area contributed by atoms with E-state index in [1.54, 1.807) is 37.4 Å². The number of methoxy groups -OCH3 is 2. The minimum Gasteiger partial charge on any atom is -0.508 e. The smallest absolute Gasteiger partial charge is 0.328 e. The molecular weight excluding hydrogens is 484 g/mol. The second-order valence-corrected chi connectivity index (χ2v) is 9.74. The summed E-state index contributed by atoms with van der Waals surface area (Å²) in [6, 6.07) is 12.4. The molecule has 1 aliphatic heterocycles. The van der Waals surface area contributed by atoms with Crippen molar-refractivity contribution in [2.75, 3.05) is 20.8 Å². The van der Waals surface area contributed by atoms with Gasteiger partial charge in [0, 0.05) is 12.5 Å². The molecule has 2 aromatic rings. The molecule has 0 spiro atoms. The summed E-state index contributed by atoms with van der Waals surface area (Å²) in [5.74, 6) is -0.813. The van der Waals surface area contributed by atoms with E-state index in [2.05, 4.69) is 5.32 Å². The molecule has 2 aromatic carbocycles. The number of phenols is 1. The lowest BCUT2D eigenvalue weighted by molar-refractivity contribution is -0.152. The molecule has 1 fully saturated rings. The van der Waals surface area contributed by atoms with Crippen molar-refractivity contribution in [2.45, 2.75) is 43.5 Å². The number of hydrogen-bond donors (Lipinski definition) is 2. The van der Waals surface area contributed by atoms with Gasteiger partial charge < -0.3 is 24.8 Å². The molecule has 0 bridgehead atoms. The maximum atomic E-state index is 13.3. The summed E-state index contributed by atoms with van der Waals surface area (Å²) in [5.41, 5.74) is 1.36.